The number of carbonyl (C=O) groups is 2. The minimum absolute atomic E-state index is 0.0476. The Morgan fingerprint density at radius 3 is 2.62 bits per heavy atom. The third kappa shape index (κ3) is 5.07. The molecular weight excluding hydrogens is 350 g/mol. The van der Waals surface area contributed by atoms with Crippen LogP contribution in [0.25, 0.3) is 0 Å². The molecule has 2 amide bonds. The van der Waals surface area contributed by atoms with E-state index in [0.29, 0.717) is 34.3 Å². The Hall–Kier alpha value is -2.37. The standard InChI is InChI=1S/C20H22ClN3O2/c21-18-8-7-16(23-19(25)9-6-14-10-11-22-13-14)12-17(18)20(26)24-15-4-2-1-3-5-15/h1-5,7-8,12,14,22H,6,9-11,13H2,(H,23,25)(H,24,26). The van der Waals surface area contributed by atoms with Crippen LogP contribution in [0.5, 0.6) is 0 Å². The van der Waals surface area contributed by atoms with E-state index in [-0.39, 0.29) is 11.8 Å². The fraction of sp³-hybridized carbons (Fsp3) is 0.300. The van der Waals surface area contributed by atoms with Crippen LogP contribution in [0.4, 0.5) is 11.4 Å². The number of hydrogen-bond donors (Lipinski definition) is 3. The molecule has 0 spiro atoms. The van der Waals surface area contributed by atoms with Crippen LogP contribution in [0.1, 0.15) is 29.6 Å². The van der Waals surface area contributed by atoms with Crippen molar-refractivity contribution in [1.29, 1.82) is 0 Å². The Bertz CT molecular complexity index is 774. The molecule has 0 saturated carbocycles. The van der Waals surface area contributed by atoms with Crippen LogP contribution in [0.3, 0.4) is 0 Å². The molecule has 5 nitrogen and oxygen atoms in total. The Kier molecular flexibility index (Phi) is 6.26. The summed E-state index contributed by atoms with van der Waals surface area (Å²) < 4.78 is 0. The summed E-state index contributed by atoms with van der Waals surface area (Å²) in [7, 11) is 0. The molecule has 2 aromatic rings. The predicted octanol–water partition coefficient (Wildman–Crippen LogP) is 3.92. The molecule has 3 N–H and O–H groups in total. The van der Waals surface area contributed by atoms with Crippen molar-refractivity contribution in [3.05, 3.63) is 59.1 Å². The van der Waals surface area contributed by atoms with Crippen LogP contribution < -0.4 is 16.0 Å². The van der Waals surface area contributed by atoms with Crippen molar-refractivity contribution >= 4 is 34.8 Å². The summed E-state index contributed by atoms with van der Waals surface area (Å²) in [6.45, 7) is 2.02. The van der Waals surface area contributed by atoms with Crippen LogP contribution in [-0.2, 0) is 4.79 Å². The van der Waals surface area contributed by atoms with Gasteiger partial charge in [-0.3, -0.25) is 9.59 Å². The van der Waals surface area contributed by atoms with Gasteiger partial charge in [0.25, 0.3) is 5.91 Å². The lowest BCUT2D eigenvalue weighted by Crippen LogP contribution is -2.16. The average molecular weight is 372 g/mol. The van der Waals surface area contributed by atoms with Gasteiger partial charge >= 0.3 is 0 Å². The predicted molar refractivity (Wildman–Crippen MR) is 105 cm³/mol. The van der Waals surface area contributed by atoms with E-state index < -0.39 is 0 Å². The van der Waals surface area contributed by atoms with Crippen molar-refractivity contribution in [3.63, 3.8) is 0 Å². The van der Waals surface area contributed by atoms with Crippen LogP contribution in [-0.4, -0.2) is 24.9 Å². The van der Waals surface area contributed by atoms with Gasteiger partial charge < -0.3 is 16.0 Å². The molecule has 0 aromatic heterocycles. The first-order valence-electron chi connectivity index (χ1n) is 8.78. The zero-order valence-corrected chi connectivity index (χ0v) is 15.2. The van der Waals surface area contributed by atoms with E-state index in [1.54, 1.807) is 30.3 Å². The molecule has 6 heteroatoms. The molecule has 26 heavy (non-hydrogen) atoms. The summed E-state index contributed by atoms with van der Waals surface area (Å²) in [5, 5.41) is 9.30. The molecule has 0 bridgehead atoms. The summed E-state index contributed by atoms with van der Waals surface area (Å²) in [5.74, 6) is 0.209. The number of para-hydroxylation sites is 1. The summed E-state index contributed by atoms with van der Waals surface area (Å²) in [4.78, 5) is 24.6. The number of nitrogens with one attached hydrogen (secondary N) is 3. The van der Waals surface area contributed by atoms with E-state index in [2.05, 4.69) is 16.0 Å². The van der Waals surface area contributed by atoms with Gasteiger partial charge in [0.05, 0.1) is 10.6 Å². The number of amides is 2. The second-order valence-corrected chi connectivity index (χ2v) is 6.87. The number of anilines is 2. The number of hydrogen-bond acceptors (Lipinski definition) is 3. The summed E-state index contributed by atoms with van der Waals surface area (Å²) in [6, 6.07) is 14.1. The van der Waals surface area contributed by atoms with Gasteiger partial charge in [-0.1, -0.05) is 29.8 Å². The van der Waals surface area contributed by atoms with Crippen molar-refractivity contribution in [2.45, 2.75) is 19.3 Å². The lowest BCUT2D eigenvalue weighted by molar-refractivity contribution is -0.116. The van der Waals surface area contributed by atoms with Gasteiger partial charge in [0.1, 0.15) is 0 Å². The van der Waals surface area contributed by atoms with Gasteiger partial charge in [0, 0.05) is 17.8 Å². The van der Waals surface area contributed by atoms with E-state index in [4.69, 9.17) is 11.6 Å². The van der Waals surface area contributed by atoms with Gasteiger partial charge in [-0.2, -0.15) is 0 Å². The number of halogens is 1. The molecule has 0 aliphatic carbocycles. The molecule has 136 valence electrons. The van der Waals surface area contributed by atoms with E-state index in [1.807, 2.05) is 18.2 Å². The molecule has 1 saturated heterocycles. The first-order chi connectivity index (χ1) is 12.6. The van der Waals surface area contributed by atoms with Gasteiger partial charge in [-0.15, -0.1) is 0 Å². The summed E-state index contributed by atoms with van der Waals surface area (Å²) in [6.07, 6.45) is 2.46. The van der Waals surface area contributed by atoms with Crippen LogP contribution in [0, 0.1) is 5.92 Å². The molecule has 1 aliphatic rings. The smallest absolute Gasteiger partial charge is 0.257 e. The quantitative estimate of drug-likeness (QED) is 0.720. The molecule has 1 atom stereocenters. The lowest BCUT2D eigenvalue weighted by Gasteiger charge is -2.11. The van der Waals surface area contributed by atoms with Crippen molar-refractivity contribution in [2.75, 3.05) is 23.7 Å². The molecule has 2 aromatic carbocycles. The first-order valence-corrected chi connectivity index (χ1v) is 9.16. The van der Waals surface area contributed by atoms with Crippen LogP contribution >= 0.6 is 11.6 Å². The van der Waals surface area contributed by atoms with Crippen LogP contribution in [0.2, 0.25) is 5.02 Å². The fourth-order valence-electron chi connectivity index (χ4n) is 3.02. The second-order valence-electron chi connectivity index (χ2n) is 6.46. The third-order valence-electron chi connectivity index (χ3n) is 4.47. The second kappa shape index (κ2) is 8.83. The molecule has 1 aliphatic heterocycles. The number of rotatable bonds is 6. The monoisotopic (exact) mass is 371 g/mol. The fourth-order valence-corrected chi connectivity index (χ4v) is 3.22. The zero-order valence-electron chi connectivity index (χ0n) is 14.4. The Labute approximate surface area is 158 Å². The first kappa shape index (κ1) is 18.4. The molecule has 1 heterocycles. The highest BCUT2D eigenvalue weighted by Gasteiger charge is 2.16. The minimum atomic E-state index is -0.311. The van der Waals surface area contributed by atoms with Crippen molar-refractivity contribution in [2.24, 2.45) is 5.92 Å². The van der Waals surface area contributed by atoms with E-state index in [1.165, 1.54) is 0 Å². The van der Waals surface area contributed by atoms with E-state index in [0.717, 1.165) is 25.9 Å². The van der Waals surface area contributed by atoms with Crippen molar-refractivity contribution in [3.8, 4) is 0 Å². The molecule has 1 fully saturated rings. The Morgan fingerprint density at radius 2 is 1.88 bits per heavy atom. The van der Waals surface area contributed by atoms with Crippen LogP contribution in [0.15, 0.2) is 48.5 Å². The summed E-state index contributed by atoms with van der Waals surface area (Å²) in [5.41, 5.74) is 1.59. The maximum atomic E-state index is 12.5. The normalized spacial score (nSPS) is 16.3. The highest BCUT2D eigenvalue weighted by atomic mass is 35.5. The maximum absolute atomic E-state index is 12.5. The molecule has 3 rings (SSSR count). The van der Waals surface area contributed by atoms with Gasteiger partial charge in [-0.25, -0.2) is 0 Å². The largest absolute Gasteiger partial charge is 0.326 e. The molecule has 0 radical (unpaired) electrons. The highest BCUT2D eigenvalue weighted by Crippen LogP contribution is 2.23. The maximum Gasteiger partial charge on any atom is 0.257 e. The topological polar surface area (TPSA) is 70.2 Å². The van der Waals surface area contributed by atoms with Gasteiger partial charge in [-0.05, 0) is 62.2 Å². The average Bonchev–Trinajstić information content (AvgIpc) is 3.16. The van der Waals surface area contributed by atoms with E-state index >= 15 is 0 Å². The molecular formula is C20H22ClN3O2. The molecule has 1 unspecified atom stereocenters. The Morgan fingerprint density at radius 1 is 1.08 bits per heavy atom. The van der Waals surface area contributed by atoms with Crippen molar-refractivity contribution in [1.82, 2.24) is 5.32 Å². The number of benzene rings is 2. The third-order valence-corrected chi connectivity index (χ3v) is 4.80. The SMILES string of the molecule is O=C(CCC1CCNC1)Nc1ccc(Cl)c(C(=O)Nc2ccccc2)c1. The zero-order chi connectivity index (χ0) is 18.4. The van der Waals surface area contributed by atoms with Gasteiger partial charge in [0.2, 0.25) is 5.91 Å². The van der Waals surface area contributed by atoms with E-state index in [9.17, 15) is 9.59 Å². The number of carbonyl (C=O) groups excluding carboxylic acids is 2. The Balaban J connectivity index is 1.61. The lowest BCUT2D eigenvalue weighted by atomic mass is 10.0. The highest BCUT2D eigenvalue weighted by molar-refractivity contribution is 6.34. The van der Waals surface area contributed by atoms with Gasteiger partial charge in [0.15, 0.2) is 0 Å². The van der Waals surface area contributed by atoms with Crippen molar-refractivity contribution < 1.29 is 9.59 Å². The summed E-state index contributed by atoms with van der Waals surface area (Å²) >= 11 is 6.16. The minimum Gasteiger partial charge on any atom is -0.326 e.